The van der Waals surface area contributed by atoms with Crippen LogP contribution in [0.2, 0.25) is 0 Å². The summed E-state index contributed by atoms with van der Waals surface area (Å²) in [6, 6.07) is 0. The number of halogens is 1. The van der Waals surface area contributed by atoms with Crippen molar-refractivity contribution in [3.63, 3.8) is 0 Å². The van der Waals surface area contributed by atoms with Crippen molar-refractivity contribution in [2.24, 2.45) is 16.8 Å². The van der Waals surface area contributed by atoms with Gasteiger partial charge in [0, 0.05) is 46.5 Å². The van der Waals surface area contributed by atoms with Gasteiger partial charge in [-0.1, -0.05) is 13.8 Å². The van der Waals surface area contributed by atoms with E-state index in [1.54, 1.807) is 0 Å². The van der Waals surface area contributed by atoms with E-state index in [9.17, 15) is 0 Å². The number of rotatable bonds is 7. The molecule has 1 atom stereocenters. The minimum atomic E-state index is 0. The summed E-state index contributed by atoms with van der Waals surface area (Å²) in [7, 11) is 1.89. The normalized spacial score (nSPS) is 22.8. The quantitative estimate of drug-likeness (QED) is 0.279. The van der Waals surface area contributed by atoms with E-state index in [-0.39, 0.29) is 24.0 Å². The van der Waals surface area contributed by atoms with Gasteiger partial charge in [-0.25, -0.2) is 0 Å². The summed E-state index contributed by atoms with van der Waals surface area (Å²) >= 11 is 0. The van der Waals surface area contributed by atoms with E-state index in [2.05, 4.69) is 29.1 Å². The molecular formula is C18H36IN3O2. The van der Waals surface area contributed by atoms with E-state index in [0.29, 0.717) is 6.10 Å². The van der Waals surface area contributed by atoms with Crippen LogP contribution in [0.25, 0.3) is 0 Å². The van der Waals surface area contributed by atoms with Gasteiger partial charge in [-0.15, -0.1) is 24.0 Å². The molecule has 6 heteroatoms. The lowest BCUT2D eigenvalue weighted by Gasteiger charge is -2.23. The second-order valence-electron chi connectivity index (χ2n) is 7.24. The van der Waals surface area contributed by atoms with Crippen molar-refractivity contribution in [3.05, 3.63) is 0 Å². The number of guanidine groups is 1. The Kier molecular flexibility index (Phi) is 11.3. The molecule has 0 amide bonds. The van der Waals surface area contributed by atoms with Crippen LogP contribution >= 0.6 is 24.0 Å². The van der Waals surface area contributed by atoms with Crippen LogP contribution in [0, 0.1) is 11.8 Å². The fraction of sp³-hybridized carbons (Fsp3) is 0.944. The van der Waals surface area contributed by atoms with E-state index in [1.807, 2.05) is 7.05 Å². The minimum Gasteiger partial charge on any atom is -0.381 e. The van der Waals surface area contributed by atoms with E-state index < -0.39 is 0 Å². The highest BCUT2D eigenvalue weighted by molar-refractivity contribution is 14.0. The molecule has 2 fully saturated rings. The van der Waals surface area contributed by atoms with Gasteiger partial charge in [0.25, 0.3) is 0 Å². The van der Waals surface area contributed by atoms with Crippen LogP contribution in [0.1, 0.15) is 46.0 Å². The van der Waals surface area contributed by atoms with Gasteiger partial charge in [-0.05, 0) is 43.9 Å². The van der Waals surface area contributed by atoms with Crippen molar-refractivity contribution in [2.75, 3.05) is 46.5 Å². The fourth-order valence-corrected chi connectivity index (χ4v) is 3.58. The topological polar surface area (TPSA) is 46.1 Å². The Bertz CT molecular complexity index is 360. The zero-order chi connectivity index (χ0) is 16.5. The maximum Gasteiger partial charge on any atom is 0.193 e. The number of nitrogens with zero attached hydrogens (tertiary/aromatic N) is 2. The maximum absolute atomic E-state index is 5.91. The number of aliphatic imine (C=N–C) groups is 1. The molecule has 5 nitrogen and oxygen atoms in total. The summed E-state index contributed by atoms with van der Waals surface area (Å²) < 4.78 is 11.3. The number of ether oxygens (including phenoxy) is 2. The first-order valence-corrected chi connectivity index (χ1v) is 9.34. The molecule has 0 aromatic carbocycles. The Morgan fingerprint density at radius 2 is 2.04 bits per heavy atom. The Morgan fingerprint density at radius 3 is 2.71 bits per heavy atom. The molecule has 2 aliphatic rings. The molecule has 0 saturated carbocycles. The molecule has 142 valence electrons. The van der Waals surface area contributed by atoms with Crippen molar-refractivity contribution in [1.82, 2.24) is 10.2 Å². The SMILES string of the molecule is CN=C(NCCCOC1CCOCC1)N1CCC(CC(C)C)C1.I. The molecule has 2 heterocycles. The molecule has 0 aliphatic carbocycles. The fourth-order valence-electron chi connectivity index (χ4n) is 3.58. The Morgan fingerprint density at radius 1 is 1.29 bits per heavy atom. The molecule has 0 spiro atoms. The summed E-state index contributed by atoms with van der Waals surface area (Å²) in [5, 5.41) is 3.49. The molecule has 0 aromatic heterocycles. The third-order valence-corrected chi connectivity index (χ3v) is 4.73. The predicted octanol–water partition coefficient (Wildman–Crippen LogP) is 3.13. The van der Waals surface area contributed by atoms with Crippen LogP contribution in [-0.2, 0) is 9.47 Å². The second kappa shape index (κ2) is 12.3. The van der Waals surface area contributed by atoms with Gasteiger partial charge in [-0.3, -0.25) is 4.99 Å². The summed E-state index contributed by atoms with van der Waals surface area (Å²) in [4.78, 5) is 6.85. The highest BCUT2D eigenvalue weighted by Gasteiger charge is 2.25. The van der Waals surface area contributed by atoms with Gasteiger partial charge in [0.15, 0.2) is 5.96 Å². The first-order chi connectivity index (χ1) is 11.2. The molecule has 2 aliphatic heterocycles. The molecule has 2 rings (SSSR count). The highest BCUT2D eigenvalue weighted by atomic mass is 127. The van der Waals surface area contributed by atoms with Gasteiger partial charge in [0.05, 0.1) is 6.10 Å². The highest BCUT2D eigenvalue weighted by Crippen LogP contribution is 2.23. The standard InChI is InChI=1S/C18H35N3O2.HI/c1-15(2)13-16-5-9-21(14-16)18(19-3)20-8-4-10-23-17-6-11-22-12-7-17;/h15-17H,4-14H2,1-3H3,(H,19,20);1H. The van der Waals surface area contributed by atoms with Gasteiger partial charge < -0.3 is 19.7 Å². The predicted molar refractivity (Wildman–Crippen MR) is 110 cm³/mol. The van der Waals surface area contributed by atoms with Crippen LogP contribution in [0.3, 0.4) is 0 Å². The lowest BCUT2D eigenvalue weighted by Crippen LogP contribution is -2.40. The average Bonchev–Trinajstić information content (AvgIpc) is 2.99. The van der Waals surface area contributed by atoms with Crippen molar-refractivity contribution in [1.29, 1.82) is 0 Å². The summed E-state index contributed by atoms with van der Waals surface area (Å²) in [5.74, 6) is 2.67. The van der Waals surface area contributed by atoms with Crippen molar-refractivity contribution >= 4 is 29.9 Å². The van der Waals surface area contributed by atoms with Gasteiger partial charge in [0.1, 0.15) is 0 Å². The first kappa shape index (κ1) is 22.0. The second-order valence-corrected chi connectivity index (χ2v) is 7.24. The average molecular weight is 453 g/mol. The zero-order valence-electron chi connectivity index (χ0n) is 15.6. The molecule has 2 saturated heterocycles. The molecule has 0 aromatic rings. The van der Waals surface area contributed by atoms with Gasteiger partial charge >= 0.3 is 0 Å². The van der Waals surface area contributed by atoms with Crippen molar-refractivity contribution in [3.8, 4) is 0 Å². The summed E-state index contributed by atoms with van der Waals surface area (Å²) in [6.07, 6.45) is 6.14. The lowest BCUT2D eigenvalue weighted by atomic mass is 9.97. The van der Waals surface area contributed by atoms with Crippen LogP contribution in [0.5, 0.6) is 0 Å². The van der Waals surface area contributed by atoms with Crippen molar-refractivity contribution < 1.29 is 9.47 Å². The van der Waals surface area contributed by atoms with Crippen LogP contribution < -0.4 is 5.32 Å². The minimum absolute atomic E-state index is 0. The number of hydrogen-bond acceptors (Lipinski definition) is 3. The summed E-state index contributed by atoms with van der Waals surface area (Å²) in [5.41, 5.74) is 0. The van der Waals surface area contributed by atoms with E-state index >= 15 is 0 Å². The largest absolute Gasteiger partial charge is 0.381 e. The van der Waals surface area contributed by atoms with Gasteiger partial charge in [-0.2, -0.15) is 0 Å². The van der Waals surface area contributed by atoms with E-state index in [0.717, 1.165) is 76.5 Å². The van der Waals surface area contributed by atoms with Crippen molar-refractivity contribution in [2.45, 2.75) is 52.1 Å². The Labute approximate surface area is 165 Å². The van der Waals surface area contributed by atoms with Crippen LogP contribution in [0.15, 0.2) is 4.99 Å². The number of hydrogen-bond donors (Lipinski definition) is 1. The van der Waals surface area contributed by atoms with E-state index in [1.165, 1.54) is 12.8 Å². The Balaban J connectivity index is 0.00000288. The number of likely N-dealkylation sites (tertiary alicyclic amines) is 1. The third kappa shape index (κ3) is 7.87. The zero-order valence-corrected chi connectivity index (χ0v) is 18.0. The monoisotopic (exact) mass is 453 g/mol. The number of nitrogens with one attached hydrogen (secondary N) is 1. The first-order valence-electron chi connectivity index (χ1n) is 9.34. The molecule has 24 heavy (non-hydrogen) atoms. The lowest BCUT2D eigenvalue weighted by molar-refractivity contribution is -0.0320. The molecule has 0 bridgehead atoms. The molecule has 0 radical (unpaired) electrons. The third-order valence-electron chi connectivity index (χ3n) is 4.73. The molecule has 1 unspecified atom stereocenters. The van der Waals surface area contributed by atoms with Crippen LogP contribution in [0.4, 0.5) is 0 Å². The summed E-state index contributed by atoms with van der Waals surface area (Å²) in [6.45, 7) is 10.4. The molecule has 1 N–H and O–H groups in total. The molecular weight excluding hydrogens is 417 g/mol. The van der Waals surface area contributed by atoms with E-state index in [4.69, 9.17) is 9.47 Å². The van der Waals surface area contributed by atoms with Crippen LogP contribution in [-0.4, -0.2) is 63.5 Å². The Hall–Kier alpha value is -0.0800. The van der Waals surface area contributed by atoms with Gasteiger partial charge in [0.2, 0.25) is 0 Å². The maximum atomic E-state index is 5.91. The smallest absolute Gasteiger partial charge is 0.193 e.